The number of nitriles is 1. The van der Waals surface area contributed by atoms with Crippen molar-refractivity contribution in [1.82, 2.24) is 9.97 Å². The number of halogens is 2. The topological polar surface area (TPSA) is 58.8 Å². The molecule has 0 unspecified atom stereocenters. The second kappa shape index (κ2) is 8.61. The van der Waals surface area contributed by atoms with Gasteiger partial charge in [-0.3, -0.25) is 0 Å². The van der Waals surface area contributed by atoms with E-state index < -0.39 is 5.82 Å². The molecule has 0 amide bonds. The first-order valence-corrected chi connectivity index (χ1v) is 8.87. The minimum absolute atomic E-state index is 0.0931. The fourth-order valence-corrected chi connectivity index (χ4v) is 2.84. The van der Waals surface area contributed by atoms with Crippen LogP contribution in [-0.2, 0) is 12.8 Å². The molecule has 0 bridgehead atoms. The third-order valence-electron chi connectivity index (χ3n) is 4.13. The molecule has 0 N–H and O–H groups in total. The van der Waals surface area contributed by atoms with Crippen LogP contribution in [0.2, 0.25) is 5.02 Å². The van der Waals surface area contributed by atoms with Crippen LogP contribution >= 0.6 is 11.6 Å². The maximum absolute atomic E-state index is 13.9. The highest BCUT2D eigenvalue weighted by Crippen LogP contribution is 2.26. The van der Waals surface area contributed by atoms with E-state index in [4.69, 9.17) is 21.6 Å². The smallest absolute Gasteiger partial charge is 0.167 e. The highest BCUT2D eigenvalue weighted by Gasteiger charge is 2.07. The summed E-state index contributed by atoms with van der Waals surface area (Å²) in [5.74, 6) is 0.0718. The summed E-state index contributed by atoms with van der Waals surface area (Å²) in [5.41, 5.74) is 3.05. The quantitative estimate of drug-likeness (QED) is 0.572. The normalized spacial score (nSPS) is 10.4. The monoisotopic (exact) mass is 381 g/mol. The molecule has 0 radical (unpaired) electrons. The minimum Gasteiger partial charge on any atom is -0.454 e. The summed E-state index contributed by atoms with van der Waals surface area (Å²) in [6.45, 7) is 1.86. The van der Waals surface area contributed by atoms with E-state index >= 15 is 0 Å². The Balaban J connectivity index is 1.57. The molecule has 0 saturated carbocycles. The number of nitrogens with zero attached hydrogens (tertiary/aromatic N) is 3. The number of rotatable bonds is 6. The number of hydrogen-bond donors (Lipinski definition) is 0. The van der Waals surface area contributed by atoms with Crippen molar-refractivity contribution in [3.05, 3.63) is 82.1 Å². The fraction of sp³-hybridized carbons (Fsp3) is 0.190. The van der Waals surface area contributed by atoms with E-state index in [1.54, 1.807) is 12.1 Å². The van der Waals surface area contributed by atoms with E-state index in [2.05, 4.69) is 9.97 Å². The molecule has 1 heterocycles. The van der Waals surface area contributed by atoms with Gasteiger partial charge in [-0.1, -0.05) is 23.7 Å². The Morgan fingerprint density at radius 2 is 1.89 bits per heavy atom. The summed E-state index contributed by atoms with van der Waals surface area (Å²) in [5, 5.41) is 9.40. The number of ether oxygens (including phenoxy) is 1. The van der Waals surface area contributed by atoms with Crippen LogP contribution in [0.3, 0.4) is 0 Å². The van der Waals surface area contributed by atoms with Gasteiger partial charge in [-0.25, -0.2) is 14.4 Å². The molecule has 0 saturated heterocycles. The summed E-state index contributed by atoms with van der Waals surface area (Å²) in [4.78, 5) is 8.30. The van der Waals surface area contributed by atoms with Crippen molar-refractivity contribution in [3.8, 4) is 17.6 Å². The second-order valence-corrected chi connectivity index (χ2v) is 6.45. The molecule has 3 aromatic rings. The molecule has 0 aliphatic carbocycles. The van der Waals surface area contributed by atoms with Crippen LogP contribution in [-0.4, -0.2) is 9.97 Å². The van der Waals surface area contributed by atoms with Gasteiger partial charge in [0.2, 0.25) is 0 Å². The third-order valence-corrected chi connectivity index (χ3v) is 4.62. The zero-order chi connectivity index (χ0) is 19.2. The van der Waals surface area contributed by atoms with Gasteiger partial charge < -0.3 is 4.74 Å². The molecule has 0 fully saturated rings. The Bertz CT molecular complexity index is 984. The Morgan fingerprint density at radius 1 is 1.11 bits per heavy atom. The van der Waals surface area contributed by atoms with Crippen LogP contribution in [0.1, 0.15) is 28.9 Å². The first kappa shape index (κ1) is 18.8. The lowest BCUT2D eigenvalue weighted by Crippen LogP contribution is -1.97. The number of benzene rings is 2. The molecule has 0 aliphatic rings. The van der Waals surface area contributed by atoms with Crippen molar-refractivity contribution in [3.63, 3.8) is 0 Å². The predicted octanol–water partition coefficient (Wildman–Crippen LogP) is 5.42. The zero-order valence-corrected chi connectivity index (χ0v) is 15.5. The SMILES string of the molecule is Cc1ncnc(CCCc2ccc(Oc3ccc(C#N)cc3F)cc2)c1Cl. The van der Waals surface area contributed by atoms with Crippen LogP contribution in [0.25, 0.3) is 0 Å². The summed E-state index contributed by atoms with van der Waals surface area (Å²) >= 11 is 6.21. The van der Waals surface area contributed by atoms with Crippen molar-refractivity contribution in [1.29, 1.82) is 5.26 Å². The molecule has 4 nitrogen and oxygen atoms in total. The highest BCUT2D eigenvalue weighted by atomic mass is 35.5. The number of aryl methyl sites for hydroxylation is 3. The number of aromatic nitrogens is 2. The average molecular weight is 382 g/mol. The highest BCUT2D eigenvalue weighted by molar-refractivity contribution is 6.31. The van der Waals surface area contributed by atoms with Gasteiger partial charge in [-0.15, -0.1) is 0 Å². The molecule has 3 rings (SSSR count). The lowest BCUT2D eigenvalue weighted by atomic mass is 10.1. The van der Waals surface area contributed by atoms with E-state index in [-0.39, 0.29) is 11.3 Å². The summed E-state index contributed by atoms with van der Waals surface area (Å²) in [7, 11) is 0. The zero-order valence-electron chi connectivity index (χ0n) is 14.7. The largest absolute Gasteiger partial charge is 0.454 e. The lowest BCUT2D eigenvalue weighted by Gasteiger charge is -2.08. The van der Waals surface area contributed by atoms with Gasteiger partial charge in [0, 0.05) is 0 Å². The molecule has 136 valence electrons. The molecular weight excluding hydrogens is 365 g/mol. The number of hydrogen-bond acceptors (Lipinski definition) is 4. The lowest BCUT2D eigenvalue weighted by molar-refractivity contribution is 0.442. The van der Waals surface area contributed by atoms with Gasteiger partial charge in [0.25, 0.3) is 0 Å². The molecule has 0 spiro atoms. The second-order valence-electron chi connectivity index (χ2n) is 6.08. The first-order chi connectivity index (χ1) is 13.1. The summed E-state index contributed by atoms with van der Waals surface area (Å²) in [6.07, 6.45) is 4.08. The van der Waals surface area contributed by atoms with E-state index in [0.717, 1.165) is 42.3 Å². The Hall–Kier alpha value is -2.97. The Labute approximate surface area is 162 Å². The maximum atomic E-state index is 13.9. The van der Waals surface area contributed by atoms with E-state index in [0.29, 0.717) is 10.8 Å². The van der Waals surface area contributed by atoms with Crippen LogP contribution in [0.4, 0.5) is 4.39 Å². The molecule has 0 aliphatic heterocycles. The van der Waals surface area contributed by atoms with Crippen LogP contribution in [0.5, 0.6) is 11.5 Å². The van der Waals surface area contributed by atoms with E-state index in [1.807, 2.05) is 25.1 Å². The van der Waals surface area contributed by atoms with Crippen molar-refractivity contribution in [2.75, 3.05) is 0 Å². The minimum atomic E-state index is -0.560. The summed E-state index contributed by atoms with van der Waals surface area (Å²) in [6, 6.07) is 13.5. The molecule has 0 atom stereocenters. The third kappa shape index (κ3) is 4.81. The van der Waals surface area contributed by atoms with Crippen molar-refractivity contribution in [2.45, 2.75) is 26.2 Å². The van der Waals surface area contributed by atoms with Crippen LogP contribution in [0.15, 0.2) is 48.8 Å². The summed E-state index contributed by atoms with van der Waals surface area (Å²) < 4.78 is 19.4. The molecule has 6 heteroatoms. The maximum Gasteiger partial charge on any atom is 0.167 e. The fourth-order valence-electron chi connectivity index (χ4n) is 2.65. The molecular formula is C21H17ClFN3O. The van der Waals surface area contributed by atoms with Gasteiger partial charge in [0.15, 0.2) is 11.6 Å². The molecule has 2 aromatic carbocycles. The van der Waals surface area contributed by atoms with Gasteiger partial charge in [-0.2, -0.15) is 5.26 Å². The first-order valence-electron chi connectivity index (χ1n) is 8.49. The van der Waals surface area contributed by atoms with Gasteiger partial charge in [0.05, 0.1) is 28.0 Å². The van der Waals surface area contributed by atoms with E-state index in [1.165, 1.54) is 18.5 Å². The Kier molecular flexibility index (Phi) is 6.00. The van der Waals surface area contributed by atoms with Gasteiger partial charge >= 0.3 is 0 Å². The Morgan fingerprint density at radius 3 is 2.59 bits per heavy atom. The van der Waals surface area contributed by atoms with Crippen molar-refractivity contribution >= 4 is 11.6 Å². The van der Waals surface area contributed by atoms with Crippen molar-refractivity contribution < 1.29 is 9.13 Å². The standard InChI is InChI=1S/C21H17ClFN3O/c1-14-21(22)19(26-13-25-14)4-2-3-15-5-8-17(9-6-15)27-20-10-7-16(12-24)11-18(20)23/h5-11,13H,2-4H2,1H3. The van der Waals surface area contributed by atoms with Gasteiger partial charge in [-0.05, 0) is 62.1 Å². The van der Waals surface area contributed by atoms with Crippen LogP contribution < -0.4 is 4.74 Å². The van der Waals surface area contributed by atoms with Gasteiger partial charge in [0.1, 0.15) is 12.1 Å². The molecule has 27 heavy (non-hydrogen) atoms. The molecule has 1 aromatic heterocycles. The van der Waals surface area contributed by atoms with E-state index in [9.17, 15) is 4.39 Å². The predicted molar refractivity (Wildman–Crippen MR) is 101 cm³/mol. The van der Waals surface area contributed by atoms with Crippen LogP contribution in [0, 0.1) is 24.1 Å². The van der Waals surface area contributed by atoms with Crippen molar-refractivity contribution in [2.24, 2.45) is 0 Å². The average Bonchev–Trinajstić information content (AvgIpc) is 2.68.